The van der Waals surface area contributed by atoms with E-state index in [4.69, 9.17) is 5.73 Å². The van der Waals surface area contributed by atoms with Gasteiger partial charge in [0.25, 0.3) is 0 Å². The minimum Gasteiger partial charge on any atom is -0.369 e. The highest BCUT2D eigenvalue weighted by Gasteiger charge is 2.51. The van der Waals surface area contributed by atoms with Crippen molar-refractivity contribution in [3.63, 3.8) is 0 Å². The van der Waals surface area contributed by atoms with Crippen molar-refractivity contribution in [2.45, 2.75) is 43.2 Å². The Morgan fingerprint density at radius 3 is 2.26 bits per heavy atom. The molecule has 0 unspecified atom stereocenters. The van der Waals surface area contributed by atoms with Crippen molar-refractivity contribution < 1.29 is 4.79 Å². The van der Waals surface area contributed by atoms with Crippen LogP contribution >= 0.6 is 0 Å². The standard InChI is InChI=1S/C28H28N6O/c29-26-32-18-23(33-26)20-8-6-19(7-9-20)16-31-25(35)27(12-13-27)22-10-11-24(30-17-22)34-28(14-15-28)21-4-2-1-3-5-21/h1-11,17-18H,12-16H2,(H,30,34)(H,31,35)(H3,29,32,33). The zero-order valence-corrected chi connectivity index (χ0v) is 19.4. The van der Waals surface area contributed by atoms with Gasteiger partial charge in [0, 0.05) is 12.7 Å². The van der Waals surface area contributed by atoms with Gasteiger partial charge < -0.3 is 21.4 Å². The molecule has 2 aromatic heterocycles. The second kappa shape index (κ2) is 8.27. The van der Waals surface area contributed by atoms with Crippen molar-refractivity contribution in [3.05, 3.63) is 95.8 Å². The summed E-state index contributed by atoms with van der Waals surface area (Å²) in [5.74, 6) is 1.31. The largest absolute Gasteiger partial charge is 0.369 e. The monoisotopic (exact) mass is 464 g/mol. The van der Waals surface area contributed by atoms with Gasteiger partial charge in [-0.25, -0.2) is 9.97 Å². The molecule has 176 valence electrons. The van der Waals surface area contributed by atoms with Crippen LogP contribution in [-0.2, 0) is 22.3 Å². The molecular formula is C28H28N6O. The summed E-state index contributed by atoms with van der Waals surface area (Å²) in [4.78, 5) is 24.8. The van der Waals surface area contributed by atoms with Gasteiger partial charge in [-0.15, -0.1) is 0 Å². The Morgan fingerprint density at radius 1 is 0.886 bits per heavy atom. The summed E-state index contributed by atoms with van der Waals surface area (Å²) in [5, 5.41) is 6.74. The molecule has 0 atom stereocenters. The number of aromatic amines is 1. The van der Waals surface area contributed by atoms with Crippen LogP contribution in [0.15, 0.2) is 79.1 Å². The van der Waals surface area contributed by atoms with Gasteiger partial charge in [-0.05, 0) is 54.0 Å². The molecule has 0 radical (unpaired) electrons. The lowest BCUT2D eigenvalue weighted by Gasteiger charge is -2.20. The predicted octanol–water partition coefficient (Wildman–Crippen LogP) is 4.50. The number of nitrogens with one attached hydrogen (secondary N) is 3. The highest BCUT2D eigenvalue weighted by Crippen LogP contribution is 2.50. The van der Waals surface area contributed by atoms with Gasteiger partial charge in [-0.1, -0.05) is 60.7 Å². The van der Waals surface area contributed by atoms with Gasteiger partial charge in [0.2, 0.25) is 5.91 Å². The minimum absolute atomic E-state index is 0.00996. The van der Waals surface area contributed by atoms with E-state index < -0.39 is 5.41 Å². The summed E-state index contributed by atoms with van der Waals surface area (Å²) in [5.41, 5.74) is 10.4. The minimum atomic E-state index is -0.463. The number of nitrogens with two attached hydrogens (primary N) is 1. The molecule has 0 aliphatic heterocycles. The first-order chi connectivity index (χ1) is 17.1. The van der Waals surface area contributed by atoms with E-state index in [1.165, 1.54) is 5.56 Å². The molecule has 35 heavy (non-hydrogen) atoms. The Kier molecular flexibility index (Phi) is 5.06. The maximum absolute atomic E-state index is 13.1. The third-order valence-corrected chi connectivity index (χ3v) is 7.26. The quantitative estimate of drug-likeness (QED) is 0.307. The number of carbonyl (C=O) groups excluding carboxylic acids is 1. The number of aromatic nitrogens is 3. The third kappa shape index (κ3) is 4.14. The van der Waals surface area contributed by atoms with Crippen LogP contribution in [-0.4, -0.2) is 20.9 Å². The average Bonchev–Trinajstić information content (AvgIpc) is 3.82. The van der Waals surface area contributed by atoms with Crippen molar-refractivity contribution in [2.24, 2.45) is 0 Å². The van der Waals surface area contributed by atoms with Crippen molar-refractivity contribution >= 4 is 17.7 Å². The number of pyridine rings is 1. The van der Waals surface area contributed by atoms with Crippen LogP contribution < -0.4 is 16.4 Å². The highest BCUT2D eigenvalue weighted by atomic mass is 16.2. The number of nitrogens with zero attached hydrogens (tertiary/aromatic N) is 2. The zero-order chi connectivity index (χ0) is 23.9. The number of amides is 1. The lowest BCUT2D eigenvalue weighted by Crippen LogP contribution is -2.34. The number of H-pyrrole nitrogens is 1. The topological polar surface area (TPSA) is 109 Å². The first-order valence-electron chi connectivity index (χ1n) is 12.0. The van der Waals surface area contributed by atoms with Crippen LogP contribution in [0.4, 0.5) is 11.8 Å². The molecule has 0 saturated heterocycles. The maximum atomic E-state index is 13.1. The van der Waals surface area contributed by atoms with Gasteiger partial charge in [0.15, 0.2) is 5.95 Å². The molecule has 7 nitrogen and oxygen atoms in total. The second-order valence-electron chi connectivity index (χ2n) is 9.65. The molecule has 7 heteroatoms. The fourth-order valence-corrected chi connectivity index (χ4v) is 4.77. The van der Waals surface area contributed by atoms with E-state index in [1.54, 1.807) is 6.20 Å². The van der Waals surface area contributed by atoms with E-state index in [9.17, 15) is 4.79 Å². The first kappa shape index (κ1) is 21.4. The molecule has 2 aliphatic rings. The highest BCUT2D eigenvalue weighted by molar-refractivity contribution is 5.91. The van der Waals surface area contributed by atoms with Crippen molar-refractivity contribution in [1.29, 1.82) is 0 Å². The normalized spacial score (nSPS) is 16.9. The smallest absolute Gasteiger partial charge is 0.230 e. The first-order valence-corrected chi connectivity index (χ1v) is 12.0. The SMILES string of the molecule is Nc1ncc(-c2ccc(CNC(=O)C3(c4ccc(NC5(c6ccccc6)CC5)nc4)CC3)cc2)[nH]1. The van der Waals surface area contributed by atoms with E-state index in [0.29, 0.717) is 12.5 Å². The van der Waals surface area contributed by atoms with E-state index >= 15 is 0 Å². The van der Waals surface area contributed by atoms with E-state index in [-0.39, 0.29) is 11.4 Å². The molecule has 2 aliphatic carbocycles. The molecule has 5 N–H and O–H groups in total. The van der Waals surface area contributed by atoms with Crippen LogP contribution in [0.5, 0.6) is 0 Å². The molecule has 0 spiro atoms. The van der Waals surface area contributed by atoms with Crippen LogP contribution in [0.3, 0.4) is 0 Å². The molecule has 2 fully saturated rings. The lowest BCUT2D eigenvalue weighted by atomic mass is 9.96. The molecule has 0 bridgehead atoms. The summed E-state index contributed by atoms with van der Waals surface area (Å²) in [7, 11) is 0. The summed E-state index contributed by atoms with van der Waals surface area (Å²) in [6.07, 6.45) is 7.47. The van der Waals surface area contributed by atoms with Gasteiger partial charge in [-0.3, -0.25) is 4.79 Å². The van der Waals surface area contributed by atoms with E-state index in [2.05, 4.69) is 49.9 Å². The Bertz CT molecular complexity index is 1340. The third-order valence-electron chi connectivity index (χ3n) is 7.26. The van der Waals surface area contributed by atoms with Crippen molar-refractivity contribution in [2.75, 3.05) is 11.1 Å². The van der Waals surface area contributed by atoms with Gasteiger partial charge in [0.1, 0.15) is 5.82 Å². The number of benzene rings is 2. The van der Waals surface area contributed by atoms with Gasteiger partial charge in [0.05, 0.1) is 22.8 Å². The maximum Gasteiger partial charge on any atom is 0.230 e. The second-order valence-corrected chi connectivity index (χ2v) is 9.65. The number of anilines is 2. The van der Waals surface area contributed by atoms with Gasteiger partial charge in [-0.2, -0.15) is 0 Å². The molecule has 4 aromatic rings. The van der Waals surface area contributed by atoms with Crippen LogP contribution in [0, 0.1) is 0 Å². The number of carbonyl (C=O) groups is 1. The lowest BCUT2D eigenvalue weighted by molar-refractivity contribution is -0.123. The molecule has 2 aromatic carbocycles. The molecule has 2 heterocycles. The van der Waals surface area contributed by atoms with Crippen LogP contribution in [0.2, 0.25) is 0 Å². The van der Waals surface area contributed by atoms with Crippen LogP contribution in [0.25, 0.3) is 11.3 Å². The molecule has 2 saturated carbocycles. The summed E-state index contributed by atoms with van der Waals surface area (Å²) in [6, 6.07) is 22.6. The van der Waals surface area contributed by atoms with Crippen molar-refractivity contribution in [3.8, 4) is 11.3 Å². The zero-order valence-electron chi connectivity index (χ0n) is 19.4. The number of imidazole rings is 1. The van der Waals surface area contributed by atoms with Crippen molar-refractivity contribution in [1.82, 2.24) is 20.3 Å². The van der Waals surface area contributed by atoms with E-state index in [1.807, 2.05) is 48.7 Å². The Balaban J connectivity index is 1.08. The fourth-order valence-electron chi connectivity index (χ4n) is 4.77. The predicted molar refractivity (Wildman–Crippen MR) is 136 cm³/mol. The summed E-state index contributed by atoms with van der Waals surface area (Å²) in [6.45, 7) is 0.485. The molecular weight excluding hydrogens is 436 g/mol. The van der Waals surface area contributed by atoms with Gasteiger partial charge >= 0.3 is 0 Å². The Morgan fingerprint density at radius 2 is 1.66 bits per heavy atom. The number of rotatable bonds is 8. The Hall–Kier alpha value is -4.13. The number of nitrogen functional groups attached to an aromatic ring is 1. The number of hydrogen-bond donors (Lipinski definition) is 4. The average molecular weight is 465 g/mol. The molecule has 1 amide bonds. The summed E-state index contributed by atoms with van der Waals surface area (Å²) >= 11 is 0. The number of hydrogen-bond acceptors (Lipinski definition) is 5. The molecule has 6 rings (SSSR count). The fraction of sp³-hybridized carbons (Fsp3) is 0.250. The summed E-state index contributed by atoms with van der Waals surface area (Å²) < 4.78 is 0. The Labute approximate surface area is 204 Å². The van der Waals surface area contributed by atoms with Crippen LogP contribution in [0.1, 0.15) is 42.4 Å². The van der Waals surface area contributed by atoms with E-state index in [0.717, 1.165) is 53.9 Å².